The number of ether oxygens (including phenoxy) is 2. The molecule has 0 radical (unpaired) electrons. The van der Waals surface area contributed by atoms with Crippen molar-refractivity contribution in [2.75, 3.05) is 38.3 Å². The van der Waals surface area contributed by atoms with Gasteiger partial charge < -0.3 is 14.4 Å². The molecule has 7 heteroatoms. The fourth-order valence-corrected chi connectivity index (χ4v) is 4.17. The SMILES string of the molecule is COC1(Cc2cccc(C(F)(F)F)c2)Cc2cc(N3CCOCC3)ccc2C1=O. The molecule has 4 nitrogen and oxygen atoms in total. The van der Waals surface area contributed by atoms with Crippen molar-refractivity contribution in [3.8, 4) is 0 Å². The summed E-state index contributed by atoms with van der Waals surface area (Å²) in [5.74, 6) is -0.180. The van der Waals surface area contributed by atoms with Crippen molar-refractivity contribution in [3.63, 3.8) is 0 Å². The molecule has 1 unspecified atom stereocenters. The minimum Gasteiger partial charge on any atom is -0.378 e. The van der Waals surface area contributed by atoms with Gasteiger partial charge in [0, 0.05) is 44.3 Å². The summed E-state index contributed by atoms with van der Waals surface area (Å²) in [6.07, 6.45) is -3.99. The number of Topliss-reactive ketones (excluding diaryl/α,β-unsaturated/α-hetero) is 1. The summed E-state index contributed by atoms with van der Waals surface area (Å²) in [5.41, 5.74) is 0.987. The highest BCUT2D eigenvalue weighted by Crippen LogP contribution is 2.38. The summed E-state index contributed by atoms with van der Waals surface area (Å²) in [4.78, 5) is 15.3. The molecule has 0 saturated carbocycles. The molecule has 1 aliphatic carbocycles. The Morgan fingerprint density at radius 3 is 2.59 bits per heavy atom. The van der Waals surface area contributed by atoms with Crippen LogP contribution in [0.5, 0.6) is 0 Å². The minimum absolute atomic E-state index is 0.0911. The van der Waals surface area contributed by atoms with Crippen LogP contribution >= 0.6 is 0 Å². The van der Waals surface area contributed by atoms with Crippen molar-refractivity contribution in [1.82, 2.24) is 0 Å². The Kier molecular flexibility index (Phi) is 5.12. The maximum Gasteiger partial charge on any atom is 0.416 e. The summed E-state index contributed by atoms with van der Waals surface area (Å²) >= 11 is 0. The van der Waals surface area contributed by atoms with Crippen LogP contribution in [0.4, 0.5) is 18.9 Å². The standard InChI is InChI=1S/C22H22F3NO3/c1-28-21(13-15-3-2-4-17(11-15)22(23,24)25)14-16-12-18(5-6-19(16)20(21)27)26-7-9-29-10-8-26/h2-6,11-12H,7-10,13-14H2,1H3. The van der Waals surface area contributed by atoms with Crippen LogP contribution in [-0.2, 0) is 28.5 Å². The molecule has 1 saturated heterocycles. The third kappa shape index (κ3) is 3.76. The first-order valence-corrected chi connectivity index (χ1v) is 9.54. The highest BCUT2D eigenvalue weighted by molar-refractivity contribution is 6.07. The van der Waals surface area contributed by atoms with Gasteiger partial charge in [0.05, 0.1) is 18.8 Å². The highest BCUT2D eigenvalue weighted by atomic mass is 19.4. The second-order valence-electron chi connectivity index (χ2n) is 7.52. The molecule has 4 rings (SSSR count). The fraction of sp³-hybridized carbons (Fsp3) is 0.409. The number of halogens is 3. The number of carbonyl (C=O) groups excluding carboxylic acids is 1. The average molecular weight is 405 g/mol. The molecule has 2 aliphatic rings. The Labute approximate surface area is 167 Å². The zero-order chi connectivity index (χ0) is 20.6. The molecule has 2 aromatic rings. The van der Waals surface area contributed by atoms with Gasteiger partial charge in [0.1, 0.15) is 5.60 Å². The molecule has 0 amide bonds. The number of benzene rings is 2. The lowest BCUT2D eigenvalue weighted by molar-refractivity contribution is -0.137. The van der Waals surface area contributed by atoms with Crippen LogP contribution in [0, 0.1) is 0 Å². The summed E-state index contributed by atoms with van der Waals surface area (Å²) < 4.78 is 50.2. The molecular weight excluding hydrogens is 383 g/mol. The predicted molar refractivity (Wildman–Crippen MR) is 102 cm³/mol. The molecule has 154 valence electrons. The number of carbonyl (C=O) groups is 1. The fourth-order valence-electron chi connectivity index (χ4n) is 4.17. The Bertz CT molecular complexity index is 922. The minimum atomic E-state index is -4.42. The van der Waals surface area contributed by atoms with Gasteiger partial charge in [-0.1, -0.05) is 18.2 Å². The van der Waals surface area contributed by atoms with Crippen LogP contribution in [0.2, 0.25) is 0 Å². The number of anilines is 1. The lowest BCUT2D eigenvalue weighted by Crippen LogP contribution is -2.40. The van der Waals surface area contributed by atoms with Crippen molar-refractivity contribution >= 4 is 11.5 Å². The van der Waals surface area contributed by atoms with Gasteiger partial charge in [-0.25, -0.2) is 0 Å². The predicted octanol–water partition coefficient (Wildman–Crippen LogP) is 3.91. The van der Waals surface area contributed by atoms with Crippen LogP contribution in [0.3, 0.4) is 0 Å². The van der Waals surface area contributed by atoms with E-state index in [1.54, 1.807) is 12.1 Å². The summed E-state index contributed by atoms with van der Waals surface area (Å²) in [6.45, 7) is 2.89. The second kappa shape index (κ2) is 7.46. The summed E-state index contributed by atoms with van der Waals surface area (Å²) in [6, 6.07) is 10.8. The molecule has 0 N–H and O–H groups in total. The first-order valence-electron chi connectivity index (χ1n) is 9.54. The highest BCUT2D eigenvalue weighted by Gasteiger charge is 2.46. The van der Waals surface area contributed by atoms with Crippen LogP contribution in [0.1, 0.15) is 27.0 Å². The summed E-state index contributed by atoms with van der Waals surface area (Å²) in [5, 5.41) is 0. The topological polar surface area (TPSA) is 38.8 Å². The largest absolute Gasteiger partial charge is 0.416 e. The zero-order valence-electron chi connectivity index (χ0n) is 16.1. The van der Waals surface area contributed by atoms with Gasteiger partial charge in [0.15, 0.2) is 5.78 Å². The molecule has 29 heavy (non-hydrogen) atoms. The first kappa shape index (κ1) is 19.9. The molecule has 1 heterocycles. The van der Waals surface area contributed by atoms with E-state index in [0.717, 1.165) is 36.5 Å². The number of hydrogen-bond acceptors (Lipinski definition) is 4. The normalized spacial score (nSPS) is 22.1. The van der Waals surface area contributed by atoms with Crippen molar-refractivity contribution in [1.29, 1.82) is 0 Å². The van der Waals surface area contributed by atoms with E-state index in [4.69, 9.17) is 9.47 Å². The molecular formula is C22H22F3NO3. The number of fused-ring (bicyclic) bond motifs is 1. The smallest absolute Gasteiger partial charge is 0.378 e. The number of rotatable bonds is 4. The van der Waals surface area contributed by atoms with E-state index < -0.39 is 17.3 Å². The maximum absolute atomic E-state index is 13.1. The van der Waals surface area contributed by atoms with E-state index >= 15 is 0 Å². The molecule has 1 atom stereocenters. The Morgan fingerprint density at radius 2 is 1.90 bits per heavy atom. The van der Waals surface area contributed by atoms with Gasteiger partial charge in [-0.05, 0) is 35.4 Å². The molecule has 1 fully saturated rings. The third-order valence-electron chi connectivity index (χ3n) is 5.73. The van der Waals surface area contributed by atoms with Gasteiger partial charge in [-0.3, -0.25) is 4.79 Å². The van der Waals surface area contributed by atoms with Crippen molar-refractivity contribution < 1.29 is 27.4 Å². The molecule has 2 aromatic carbocycles. The Balaban J connectivity index is 1.61. The average Bonchev–Trinajstić information content (AvgIpc) is 3.00. The van der Waals surface area contributed by atoms with Crippen LogP contribution < -0.4 is 4.90 Å². The van der Waals surface area contributed by atoms with Gasteiger partial charge >= 0.3 is 6.18 Å². The van der Waals surface area contributed by atoms with Gasteiger partial charge in [0.2, 0.25) is 0 Å². The molecule has 1 aliphatic heterocycles. The number of ketones is 1. The van der Waals surface area contributed by atoms with Gasteiger partial charge in [-0.15, -0.1) is 0 Å². The number of methoxy groups -OCH3 is 1. The summed E-state index contributed by atoms with van der Waals surface area (Å²) in [7, 11) is 1.44. The number of alkyl halides is 3. The van der Waals surface area contributed by atoms with Gasteiger partial charge in [-0.2, -0.15) is 13.2 Å². The Morgan fingerprint density at radius 1 is 1.14 bits per heavy atom. The number of nitrogens with zero attached hydrogens (tertiary/aromatic N) is 1. The molecule has 0 spiro atoms. The van der Waals surface area contributed by atoms with Crippen LogP contribution in [0.25, 0.3) is 0 Å². The van der Waals surface area contributed by atoms with Crippen molar-refractivity contribution in [3.05, 3.63) is 64.7 Å². The monoisotopic (exact) mass is 405 g/mol. The number of hydrogen-bond donors (Lipinski definition) is 0. The third-order valence-corrected chi connectivity index (χ3v) is 5.73. The van der Waals surface area contributed by atoms with E-state index in [9.17, 15) is 18.0 Å². The molecule has 0 bridgehead atoms. The van der Waals surface area contributed by atoms with Crippen LogP contribution in [0.15, 0.2) is 42.5 Å². The van der Waals surface area contributed by atoms with Crippen LogP contribution in [-0.4, -0.2) is 44.8 Å². The number of morpholine rings is 1. The lowest BCUT2D eigenvalue weighted by atomic mass is 9.89. The van der Waals surface area contributed by atoms with E-state index in [1.807, 2.05) is 12.1 Å². The zero-order valence-corrected chi connectivity index (χ0v) is 16.1. The quantitative estimate of drug-likeness (QED) is 0.773. The van der Waals surface area contributed by atoms with Gasteiger partial charge in [0.25, 0.3) is 0 Å². The van der Waals surface area contributed by atoms with Crippen molar-refractivity contribution in [2.45, 2.75) is 24.6 Å². The Hall–Kier alpha value is -2.38. The van der Waals surface area contributed by atoms with E-state index in [-0.39, 0.29) is 12.2 Å². The lowest BCUT2D eigenvalue weighted by Gasteiger charge is -2.29. The first-order chi connectivity index (χ1) is 13.8. The van der Waals surface area contributed by atoms with E-state index in [0.29, 0.717) is 30.8 Å². The van der Waals surface area contributed by atoms with E-state index in [2.05, 4.69) is 4.90 Å². The maximum atomic E-state index is 13.1. The second-order valence-corrected chi connectivity index (χ2v) is 7.52. The van der Waals surface area contributed by atoms with Crippen molar-refractivity contribution in [2.24, 2.45) is 0 Å². The van der Waals surface area contributed by atoms with E-state index in [1.165, 1.54) is 13.2 Å². The molecule has 0 aromatic heterocycles.